The number of hydrogen-bond donors (Lipinski definition) is 0. The molecule has 1 aliphatic heterocycles. The van der Waals surface area contributed by atoms with Crippen LogP contribution in [-0.4, -0.2) is 20.2 Å². The summed E-state index contributed by atoms with van der Waals surface area (Å²) in [6.07, 6.45) is 4.21. The molecule has 146 valence electrons. The Balaban J connectivity index is 1.93. The van der Waals surface area contributed by atoms with Gasteiger partial charge >= 0.3 is 5.97 Å². The second-order valence-corrected chi connectivity index (χ2v) is 6.85. The summed E-state index contributed by atoms with van der Waals surface area (Å²) in [5.41, 5.74) is 3.91. The van der Waals surface area contributed by atoms with E-state index in [2.05, 4.69) is 23.1 Å². The molecule has 0 spiro atoms. The maximum absolute atomic E-state index is 13.0. The van der Waals surface area contributed by atoms with Gasteiger partial charge < -0.3 is 14.4 Å². The first-order chi connectivity index (χ1) is 14.2. The van der Waals surface area contributed by atoms with Crippen molar-refractivity contribution in [3.05, 3.63) is 102 Å². The number of carbonyl (C=O) groups excluding carboxylic acids is 1. The van der Waals surface area contributed by atoms with Gasteiger partial charge in [0.1, 0.15) is 5.75 Å². The molecule has 4 nitrogen and oxygen atoms in total. The molecule has 4 rings (SSSR count). The van der Waals surface area contributed by atoms with E-state index in [0.29, 0.717) is 0 Å². The Labute approximate surface area is 171 Å². The van der Waals surface area contributed by atoms with E-state index in [-0.39, 0.29) is 12.0 Å². The molecule has 0 aromatic heterocycles. The van der Waals surface area contributed by atoms with Gasteiger partial charge in [-0.2, -0.15) is 0 Å². The number of benzene rings is 3. The van der Waals surface area contributed by atoms with Gasteiger partial charge in [-0.3, -0.25) is 0 Å². The average Bonchev–Trinajstić information content (AvgIpc) is 2.80. The minimum Gasteiger partial charge on any atom is -0.496 e. The highest BCUT2D eigenvalue weighted by atomic mass is 16.5. The number of fused-ring (bicyclic) bond motifs is 1. The Morgan fingerprint density at radius 1 is 0.897 bits per heavy atom. The smallest absolute Gasteiger partial charge is 0.333 e. The van der Waals surface area contributed by atoms with E-state index in [9.17, 15) is 4.79 Å². The lowest BCUT2D eigenvalue weighted by Gasteiger charge is -2.41. The Bertz CT molecular complexity index is 1030. The van der Waals surface area contributed by atoms with Crippen LogP contribution in [0.1, 0.15) is 28.8 Å². The van der Waals surface area contributed by atoms with Crippen molar-refractivity contribution in [1.29, 1.82) is 0 Å². The summed E-state index contributed by atoms with van der Waals surface area (Å²) in [6.45, 7) is 0. The van der Waals surface area contributed by atoms with Crippen LogP contribution in [0.3, 0.4) is 0 Å². The predicted octanol–water partition coefficient (Wildman–Crippen LogP) is 5.18. The highest BCUT2D eigenvalue weighted by molar-refractivity contribution is 5.85. The standard InChI is InChI=1S/C25H23NO3/c1-28-23-15-9-7-13-20(23)22-17-16-18-10-6-8-14-21(18)26(22)24(25(27)29-2)19-11-4-3-5-12-19/h3-17,22,24H,1-2H3/t22-,24+/m1/s1. The quantitative estimate of drug-likeness (QED) is 0.567. The lowest BCUT2D eigenvalue weighted by Crippen LogP contribution is -2.39. The van der Waals surface area contributed by atoms with Crippen LogP contribution in [0.5, 0.6) is 5.75 Å². The fraction of sp³-hybridized carbons (Fsp3) is 0.160. The van der Waals surface area contributed by atoms with Crippen LogP contribution in [-0.2, 0) is 9.53 Å². The van der Waals surface area contributed by atoms with Crippen LogP contribution >= 0.6 is 0 Å². The van der Waals surface area contributed by atoms with E-state index in [0.717, 1.165) is 28.1 Å². The molecule has 2 atom stereocenters. The van der Waals surface area contributed by atoms with Crippen molar-refractivity contribution < 1.29 is 14.3 Å². The molecular weight excluding hydrogens is 362 g/mol. The molecule has 0 unspecified atom stereocenters. The van der Waals surface area contributed by atoms with Crippen molar-refractivity contribution in [2.24, 2.45) is 0 Å². The molecule has 0 amide bonds. The van der Waals surface area contributed by atoms with E-state index in [4.69, 9.17) is 9.47 Å². The van der Waals surface area contributed by atoms with Gasteiger partial charge in [0.2, 0.25) is 0 Å². The number of ether oxygens (including phenoxy) is 2. The number of carbonyl (C=O) groups is 1. The topological polar surface area (TPSA) is 38.8 Å². The van der Waals surface area contributed by atoms with Crippen molar-refractivity contribution in [3.63, 3.8) is 0 Å². The average molecular weight is 385 g/mol. The SMILES string of the molecule is COC(=O)[C@H](c1ccccc1)N1c2ccccc2C=C[C@@H]1c1ccccc1OC. The zero-order chi connectivity index (χ0) is 20.2. The molecule has 0 fully saturated rings. The minimum atomic E-state index is -0.595. The third kappa shape index (κ3) is 3.49. The summed E-state index contributed by atoms with van der Waals surface area (Å²) in [7, 11) is 3.10. The zero-order valence-electron chi connectivity index (χ0n) is 16.5. The first kappa shape index (κ1) is 18.8. The number of nitrogens with zero attached hydrogens (tertiary/aromatic N) is 1. The third-order valence-corrected chi connectivity index (χ3v) is 5.25. The predicted molar refractivity (Wildman–Crippen MR) is 115 cm³/mol. The largest absolute Gasteiger partial charge is 0.496 e. The van der Waals surface area contributed by atoms with Crippen LogP contribution in [0, 0.1) is 0 Å². The van der Waals surface area contributed by atoms with Crippen molar-refractivity contribution >= 4 is 17.7 Å². The molecule has 3 aromatic carbocycles. The van der Waals surface area contributed by atoms with Gasteiger partial charge in [0, 0.05) is 11.3 Å². The lowest BCUT2D eigenvalue weighted by atomic mass is 9.92. The van der Waals surface area contributed by atoms with Crippen molar-refractivity contribution in [2.75, 3.05) is 19.1 Å². The Morgan fingerprint density at radius 2 is 1.59 bits per heavy atom. The summed E-state index contributed by atoms with van der Waals surface area (Å²) in [5, 5.41) is 0. The number of para-hydroxylation sites is 2. The van der Waals surface area contributed by atoms with Gasteiger partial charge in [0.15, 0.2) is 6.04 Å². The molecule has 0 aliphatic carbocycles. The molecule has 3 aromatic rings. The highest BCUT2D eigenvalue weighted by Gasteiger charge is 2.37. The van der Waals surface area contributed by atoms with Gasteiger partial charge in [-0.15, -0.1) is 0 Å². The summed E-state index contributed by atoms with van der Waals surface area (Å²) in [4.78, 5) is 15.2. The Morgan fingerprint density at radius 3 is 2.34 bits per heavy atom. The number of methoxy groups -OCH3 is 2. The normalized spacial score (nSPS) is 16.1. The van der Waals surface area contributed by atoms with Crippen molar-refractivity contribution in [1.82, 2.24) is 0 Å². The lowest BCUT2D eigenvalue weighted by molar-refractivity contribution is -0.142. The molecule has 29 heavy (non-hydrogen) atoms. The molecule has 0 N–H and O–H groups in total. The summed E-state index contributed by atoms with van der Waals surface area (Å²) >= 11 is 0. The first-order valence-corrected chi connectivity index (χ1v) is 9.56. The van der Waals surface area contributed by atoms with Gasteiger partial charge in [-0.05, 0) is 23.3 Å². The van der Waals surface area contributed by atoms with E-state index in [1.165, 1.54) is 7.11 Å². The highest BCUT2D eigenvalue weighted by Crippen LogP contribution is 2.44. The van der Waals surface area contributed by atoms with E-state index in [1.54, 1.807) is 7.11 Å². The van der Waals surface area contributed by atoms with Crippen LogP contribution in [0.25, 0.3) is 6.08 Å². The molecule has 0 saturated heterocycles. The van der Waals surface area contributed by atoms with Crippen LogP contribution in [0.15, 0.2) is 84.9 Å². The second-order valence-electron chi connectivity index (χ2n) is 6.85. The van der Waals surface area contributed by atoms with Crippen LogP contribution in [0.4, 0.5) is 5.69 Å². The molecule has 1 aliphatic rings. The maximum atomic E-state index is 13.0. The molecule has 0 radical (unpaired) electrons. The van der Waals surface area contributed by atoms with Gasteiger partial charge in [-0.25, -0.2) is 4.79 Å². The minimum absolute atomic E-state index is 0.189. The van der Waals surface area contributed by atoms with Gasteiger partial charge in [-0.1, -0.05) is 78.9 Å². The van der Waals surface area contributed by atoms with E-state index in [1.807, 2.05) is 72.8 Å². The summed E-state index contributed by atoms with van der Waals surface area (Å²) < 4.78 is 10.9. The number of anilines is 1. The number of rotatable bonds is 5. The maximum Gasteiger partial charge on any atom is 0.333 e. The van der Waals surface area contributed by atoms with Gasteiger partial charge in [0.25, 0.3) is 0 Å². The summed E-state index contributed by atoms with van der Waals surface area (Å²) in [5.74, 6) is 0.476. The zero-order valence-corrected chi connectivity index (χ0v) is 16.5. The van der Waals surface area contributed by atoms with Gasteiger partial charge in [0.05, 0.1) is 20.3 Å². The van der Waals surface area contributed by atoms with Crippen LogP contribution in [0.2, 0.25) is 0 Å². The molecular formula is C25H23NO3. The Kier molecular flexibility index (Phi) is 5.34. The second kappa shape index (κ2) is 8.23. The monoisotopic (exact) mass is 385 g/mol. The van der Waals surface area contributed by atoms with Crippen LogP contribution < -0.4 is 9.64 Å². The first-order valence-electron chi connectivity index (χ1n) is 9.56. The fourth-order valence-corrected chi connectivity index (χ4v) is 3.92. The van der Waals surface area contributed by atoms with E-state index >= 15 is 0 Å². The third-order valence-electron chi connectivity index (χ3n) is 5.25. The number of esters is 1. The van der Waals surface area contributed by atoms with Crippen molar-refractivity contribution in [2.45, 2.75) is 12.1 Å². The van der Waals surface area contributed by atoms with E-state index < -0.39 is 6.04 Å². The molecule has 1 heterocycles. The fourth-order valence-electron chi connectivity index (χ4n) is 3.92. The number of hydrogen-bond acceptors (Lipinski definition) is 4. The Hall–Kier alpha value is -3.53. The molecule has 4 heteroatoms. The molecule has 0 bridgehead atoms. The molecule has 0 saturated carbocycles. The van der Waals surface area contributed by atoms with Crippen molar-refractivity contribution in [3.8, 4) is 5.75 Å². The summed E-state index contributed by atoms with van der Waals surface area (Å²) in [6, 6.07) is 25.0.